The Morgan fingerprint density at radius 1 is 1.45 bits per heavy atom. The number of hydrogen-bond donors (Lipinski definition) is 2. The number of fused-ring (bicyclic) bond motifs is 1. The van der Waals surface area contributed by atoms with Gasteiger partial charge in [0.25, 0.3) is 5.91 Å². The molecule has 20 heavy (non-hydrogen) atoms. The number of aryl methyl sites for hydroxylation is 1. The predicted octanol–water partition coefficient (Wildman–Crippen LogP) is 1.18. The van der Waals surface area contributed by atoms with Crippen molar-refractivity contribution >= 4 is 16.8 Å². The van der Waals surface area contributed by atoms with E-state index < -0.39 is 0 Å². The zero-order chi connectivity index (χ0) is 14.1. The highest BCUT2D eigenvalue weighted by Crippen LogP contribution is 2.14. The van der Waals surface area contributed by atoms with Crippen LogP contribution in [0.2, 0.25) is 0 Å². The molecule has 0 saturated carbocycles. The van der Waals surface area contributed by atoms with Crippen LogP contribution in [0.15, 0.2) is 30.7 Å². The molecule has 0 aliphatic heterocycles. The number of carbonyl (C=O) groups is 1. The molecular formula is C13H14N6O. The van der Waals surface area contributed by atoms with Crippen LogP contribution in [0.1, 0.15) is 29.1 Å². The molecule has 0 aliphatic rings. The highest BCUT2D eigenvalue weighted by molar-refractivity contribution is 5.97. The van der Waals surface area contributed by atoms with E-state index in [9.17, 15) is 4.79 Å². The van der Waals surface area contributed by atoms with Gasteiger partial charge in [0.1, 0.15) is 6.33 Å². The molecule has 1 atom stereocenters. The number of hydrogen-bond acceptors (Lipinski definition) is 4. The van der Waals surface area contributed by atoms with Crippen molar-refractivity contribution in [3.8, 4) is 0 Å². The number of rotatable bonds is 3. The minimum absolute atomic E-state index is 0.156. The van der Waals surface area contributed by atoms with Gasteiger partial charge in [0.2, 0.25) is 0 Å². The molecule has 7 nitrogen and oxygen atoms in total. The Balaban J connectivity index is 1.80. The zero-order valence-corrected chi connectivity index (χ0v) is 11.2. The van der Waals surface area contributed by atoms with E-state index in [-0.39, 0.29) is 11.9 Å². The Labute approximate surface area is 115 Å². The third-order valence-electron chi connectivity index (χ3n) is 3.19. The van der Waals surface area contributed by atoms with Crippen molar-refractivity contribution < 1.29 is 4.79 Å². The lowest BCUT2D eigenvalue weighted by molar-refractivity contribution is 0.0938. The Bertz CT molecular complexity index is 759. The number of H-pyrrole nitrogens is 1. The number of nitrogens with zero attached hydrogens (tertiary/aromatic N) is 4. The van der Waals surface area contributed by atoms with Crippen molar-refractivity contribution in [3.63, 3.8) is 0 Å². The number of carbonyl (C=O) groups excluding carboxylic acids is 1. The number of benzene rings is 1. The minimum atomic E-state index is -0.215. The SMILES string of the molecule is CC(NC(=O)c1ccc2cn[nH]c2c1)c1nncn1C. The Hall–Kier alpha value is -2.70. The van der Waals surface area contributed by atoms with E-state index in [1.807, 2.05) is 20.0 Å². The molecule has 1 aromatic carbocycles. The maximum absolute atomic E-state index is 12.2. The number of aromatic nitrogens is 5. The van der Waals surface area contributed by atoms with Gasteiger partial charge in [-0.3, -0.25) is 9.89 Å². The van der Waals surface area contributed by atoms with Gasteiger partial charge < -0.3 is 9.88 Å². The van der Waals surface area contributed by atoms with E-state index in [1.165, 1.54) is 0 Å². The van der Waals surface area contributed by atoms with Gasteiger partial charge in [-0.05, 0) is 19.1 Å². The lowest BCUT2D eigenvalue weighted by Crippen LogP contribution is -2.28. The van der Waals surface area contributed by atoms with Gasteiger partial charge in [0.15, 0.2) is 5.82 Å². The summed E-state index contributed by atoms with van der Waals surface area (Å²) in [5.74, 6) is 0.554. The molecule has 0 radical (unpaired) electrons. The summed E-state index contributed by atoms with van der Waals surface area (Å²) in [5, 5.41) is 18.5. The van der Waals surface area contributed by atoms with Crippen LogP contribution >= 0.6 is 0 Å². The Morgan fingerprint density at radius 2 is 2.30 bits per heavy atom. The number of nitrogens with one attached hydrogen (secondary N) is 2. The molecule has 3 rings (SSSR count). The van der Waals surface area contributed by atoms with Crippen LogP contribution in [-0.4, -0.2) is 30.9 Å². The average molecular weight is 270 g/mol. The first-order valence-electron chi connectivity index (χ1n) is 6.23. The van der Waals surface area contributed by atoms with Gasteiger partial charge in [0, 0.05) is 18.0 Å². The highest BCUT2D eigenvalue weighted by atomic mass is 16.1. The van der Waals surface area contributed by atoms with Crippen LogP contribution in [0.4, 0.5) is 0 Å². The summed E-state index contributed by atoms with van der Waals surface area (Å²) in [6, 6.07) is 5.20. The maximum Gasteiger partial charge on any atom is 0.251 e. The molecule has 102 valence electrons. The summed E-state index contributed by atoms with van der Waals surface area (Å²) in [6.45, 7) is 1.87. The number of amides is 1. The Kier molecular flexibility index (Phi) is 2.94. The first kappa shape index (κ1) is 12.3. The molecular weight excluding hydrogens is 256 g/mol. The standard InChI is InChI=1S/C13H14N6O/c1-8(12-18-15-7-19(12)2)16-13(20)9-3-4-10-6-14-17-11(10)5-9/h3-8H,1-2H3,(H,14,17)(H,16,20). The van der Waals surface area contributed by atoms with Crippen molar-refractivity contribution in [1.82, 2.24) is 30.3 Å². The van der Waals surface area contributed by atoms with Gasteiger partial charge in [0.05, 0.1) is 17.8 Å². The molecule has 0 saturated heterocycles. The van der Waals surface area contributed by atoms with Crippen LogP contribution in [0.3, 0.4) is 0 Å². The van der Waals surface area contributed by atoms with Crippen LogP contribution in [0, 0.1) is 0 Å². The minimum Gasteiger partial charge on any atom is -0.342 e. The highest BCUT2D eigenvalue weighted by Gasteiger charge is 2.15. The van der Waals surface area contributed by atoms with E-state index in [1.54, 1.807) is 29.2 Å². The lowest BCUT2D eigenvalue weighted by Gasteiger charge is -2.12. The van der Waals surface area contributed by atoms with Gasteiger partial charge in [-0.15, -0.1) is 10.2 Å². The topological polar surface area (TPSA) is 88.5 Å². The second-order valence-electron chi connectivity index (χ2n) is 4.67. The molecule has 2 heterocycles. The third kappa shape index (κ3) is 2.13. The van der Waals surface area contributed by atoms with Crippen molar-refractivity contribution in [2.45, 2.75) is 13.0 Å². The van der Waals surface area contributed by atoms with Crippen LogP contribution in [0.5, 0.6) is 0 Å². The summed E-state index contributed by atoms with van der Waals surface area (Å²) in [6.07, 6.45) is 3.33. The summed E-state index contributed by atoms with van der Waals surface area (Å²) in [5.41, 5.74) is 1.42. The van der Waals surface area contributed by atoms with Crippen molar-refractivity contribution in [3.05, 3.63) is 42.1 Å². The molecule has 0 bridgehead atoms. The van der Waals surface area contributed by atoms with E-state index in [0.717, 1.165) is 10.9 Å². The fraction of sp³-hybridized carbons (Fsp3) is 0.231. The Morgan fingerprint density at radius 3 is 3.05 bits per heavy atom. The third-order valence-corrected chi connectivity index (χ3v) is 3.19. The van der Waals surface area contributed by atoms with Crippen molar-refractivity contribution in [2.24, 2.45) is 7.05 Å². The van der Waals surface area contributed by atoms with E-state index in [4.69, 9.17) is 0 Å². The number of aromatic amines is 1. The predicted molar refractivity (Wildman–Crippen MR) is 73.0 cm³/mol. The van der Waals surface area contributed by atoms with Gasteiger partial charge in [-0.2, -0.15) is 5.10 Å². The van der Waals surface area contributed by atoms with Crippen LogP contribution in [-0.2, 0) is 7.05 Å². The average Bonchev–Trinajstić information content (AvgIpc) is 3.05. The lowest BCUT2D eigenvalue weighted by atomic mass is 10.1. The van der Waals surface area contributed by atoms with E-state index in [2.05, 4.69) is 25.7 Å². The molecule has 0 fully saturated rings. The van der Waals surface area contributed by atoms with E-state index in [0.29, 0.717) is 11.4 Å². The molecule has 3 aromatic rings. The van der Waals surface area contributed by atoms with Crippen LogP contribution < -0.4 is 5.32 Å². The summed E-state index contributed by atoms with van der Waals surface area (Å²) in [7, 11) is 1.84. The molecule has 2 N–H and O–H groups in total. The maximum atomic E-state index is 12.2. The quantitative estimate of drug-likeness (QED) is 0.748. The van der Waals surface area contributed by atoms with Gasteiger partial charge >= 0.3 is 0 Å². The van der Waals surface area contributed by atoms with E-state index >= 15 is 0 Å². The molecule has 2 aromatic heterocycles. The summed E-state index contributed by atoms with van der Waals surface area (Å²) >= 11 is 0. The van der Waals surface area contributed by atoms with Gasteiger partial charge in [-0.25, -0.2) is 0 Å². The van der Waals surface area contributed by atoms with Crippen molar-refractivity contribution in [1.29, 1.82) is 0 Å². The normalized spacial score (nSPS) is 12.5. The first-order valence-corrected chi connectivity index (χ1v) is 6.23. The molecule has 0 aliphatic carbocycles. The summed E-state index contributed by atoms with van der Waals surface area (Å²) in [4.78, 5) is 12.2. The van der Waals surface area contributed by atoms with Gasteiger partial charge in [-0.1, -0.05) is 6.07 Å². The monoisotopic (exact) mass is 270 g/mol. The first-order chi connectivity index (χ1) is 9.65. The fourth-order valence-corrected chi connectivity index (χ4v) is 2.11. The largest absolute Gasteiger partial charge is 0.342 e. The second-order valence-corrected chi connectivity index (χ2v) is 4.67. The zero-order valence-electron chi connectivity index (χ0n) is 11.2. The smallest absolute Gasteiger partial charge is 0.251 e. The molecule has 1 amide bonds. The molecule has 0 spiro atoms. The van der Waals surface area contributed by atoms with Crippen molar-refractivity contribution in [2.75, 3.05) is 0 Å². The summed E-state index contributed by atoms with van der Waals surface area (Å²) < 4.78 is 1.78. The molecule has 1 unspecified atom stereocenters. The fourth-order valence-electron chi connectivity index (χ4n) is 2.11. The second kappa shape index (κ2) is 4.76. The van der Waals surface area contributed by atoms with Crippen LogP contribution in [0.25, 0.3) is 10.9 Å². The molecule has 7 heteroatoms.